The molecule has 3 nitrogen and oxygen atoms in total. The summed E-state index contributed by atoms with van der Waals surface area (Å²) in [6.07, 6.45) is 0. The van der Waals surface area contributed by atoms with Gasteiger partial charge in [0.25, 0.3) is 0 Å². The second kappa shape index (κ2) is 5.07. The fourth-order valence-corrected chi connectivity index (χ4v) is 1.78. The molecule has 1 fully saturated rings. The van der Waals surface area contributed by atoms with Gasteiger partial charge in [-0.05, 0) is 5.56 Å². The van der Waals surface area contributed by atoms with Gasteiger partial charge < -0.3 is 9.64 Å². The largest absolute Gasteiger partial charge is 0.369 e. The summed E-state index contributed by atoms with van der Waals surface area (Å²) in [6.45, 7) is 0.245. The Labute approximate surface area is 93.8 Å². The molecule has 2 rings (SSSR count). The number of nitrogens with zero attached hydrogens (tertiary/aromatic N) is 1. The first-order chi connectivity index (χ1) is 7.81. The molecule has 0 N–H and O–H groups in total. The van der Waals surface area contributed by atoms with Crippen LogP contribution in [0.25, 0.3) is 0 Å². The Hall–Kier alpha value is -1.42. The first-order valence-corrected chi connectivity index (χ1v) is 5.28. The maximum Gasteiger partial charge on any atom is 0.249 e. The van der Waals surface area contributed by atoms with Crippen molar-refractivity contribution in [1.82, 2.24) is 4.90 Å². The van der Waals surface area contributed by atoms with Crippen LogP contribution in [0.2, 0.25) is 0 Å². The predicted molar refractivity (Wildman–Crippen MR) is 57.6 cm³/mol. The second-order valence-corrected chi connectivity index (χ2v) is 3.83. The molecule has 1 atom stereocenters. The zero-order valence-electron chi connectivity index (χ0n) is 8.93. The number of rotatable bonds is 3. The van der Waals surface area contributed by atoms with Crippen molar-refractivity contribution in [3.63, 3.8) is 0 Å². The van der Waals surface area contributed by atoms with Gasteiger partial charge in [0.15, 0.2) is 0 Å². The second-order valence-electron chi connectivity index (χ2n) is 3.83. The van der Waals surface area contributed by atoms with Gasteiger partial charge in [-0.25, -0.2) is 4.39 Å². The number of alkyl halides is 1. The van der Waals surface area contributed by atoms with E-state index in [-0.39, 0.29) is 19.1 Å². The van der Waals surface area contributed by atoms with Gasteiger partial charge in [-0.1, -0.05) is 30.3 Å². The molecule has 0 aliphatic carbocycles. The van der Waals surface area contributed by atoms with E-state index in [0.29, 0.717) is 6.54 Å². The number of carbonyl (C=O) groups excluding carboxylic acids is 1. The van der Waals surface area contributed by atoms with Crippen molar-refractivity contribution in [2.45, 2.75) is 12.6 Å². The first-order valence-electron chi connectivity index (χ1n) is 5.28. The topological polar surface area (TPSA) is 29.5 Å². The van der Waals surface area contributed by atoms with Crippen molar-refractivity contribution >= 4 is 5.91 Å². The molecule has 1 heterocycles. The van der Waals surface area contributed by atoms with Crippen LogP contribution in [-0.2, 0) is 16.1 Å². The van der Waals surface area contributed by atoms with Gasteiger partial charge in [-0.2, -0.15) is 0 Å². The highest BCUT2D eigenvalue weighted by Crippen LogP contribution is 2.13. The lowest BCUT2D eigenvalue weighted by molar-refractivity contribution is -0.149. The fourth-order valence-electron chi connectivity index (χ4n) is 1.78. The number of halogens is 1. The Morgan fingerprint density at radius 1 is 1.38 bits per heavy atom. The van der Waals surface area contributed by atoms with Crippen molar-refractivity contribution in [3.8, 4) is 0 Å². The molecule has 0 saturated carbocycles. The summed E-state index contributed by atoms with van der Waals surface area (Å²) in [5, 5.41) is 0. The van der Waals surface area contributed by atoms with E-state index in [1.807, 2.05) is 30.3 Å². The van der Waals surface area contributed by atoms with E-state index in [2.05, 4.69) is 0 Å². The number of morpholine rings is 1. The lowest BCUT2D eigenvalue weighted by Gasteiger charge is -2.33. The zero-order valence-corrected chi connectivity index (χ0v) is 8.93. The van der Waals surface area contributed by atoms with Gasteiger partial charge in [-0.3, -0.25) is 4.79 Å². The summed E-state index contributed by atoms with van der Waals surface area (Å²) in [6, 6.07) is 9.14. The van der Waals surface area contributed by atoms with E-state index in [1.165, 1.54) is 0 Å². The molecule has 0 radical (unpaired) electrons. The van der Waals surface area contributed by atoms with Gasteiger partial charge in [0, 0.05) is 6.54 Å². The van der Waals surface area contributed by atoms with Crippen molar-refractivity contribution in [2.75, 3.05) is 19.9 Å². The monoisotopic (exact) mass is 223 g/mol. The highest BCUT2D eigenvalue weighted by atomic mass is 19.1. The Morgan fingerprint density at radius 2 is 2.12 bits per heavy atom. The molecule has 1 saturated heterocycles. The molecular formula is C12H14FNO2. The molecule has 0 spiro atoms. The van der Waals surface area contributed by atoms with Crippen LogP contribution in [0.1, 0.15) is 5.56 Å². The minimum atomic E-state index is -0.557. The lowest BCUT2D eigenvalue weighted by atomic mass is 10.1. The third-order valence-corrected chi connectivity index (χ3v) is 2.67. The molecule has 4 heteroatoms. The average molecular weight is 223 g/mol. The molecule has 86 valence electrons. The van der Waals surface area contributed by atoms with Crippen molar-refractivity contribution in [2.24, 2.45) is 0 Å². The Balaban J connectivity index is 2.08. The molecule has 0 bridgehead atoms. The van der Waals surface area contributed by atoms with E-state index in [4.69, 9.17) is 4.74 Å². The number of carbonyl (C=O) groups is 1. The smallest absolute Gasteiger partial charge is 0.249 e. The molecular weight excluding hydrogens is 209 g/mol. The molecule has 0 aromatic heterocycles. The van der Waals surface area contributed by atoms with Crippen LogP contribution < -0.4 is 0 Å². The maximum atomic E-state index is 12.7. The van der Waals surface area contributed by atoms with Gasteiger partial charge in [0.1, 0.15) is 13.3 Å². The van der Waals surface area contributed by atoms with E-state index < -0.39 is 12.7 Å². The van der Waals surface area contributed by atoms with Crippen LogP contribution >= 0.6 is 0 Å². The Bertz CT molecular complexity index is 355. The fraction of sp³-hybridized carbons (Fsp3) is 0.417. The average Bonchev–Trinajstić information content (AvgIpc) is 2.33. The van der Waals surface area contributed by atoms with Gasteiger partial charge in [0.05, 0.1) is 12.6 Å². The number of benzene rings is 1. The third kappa shape index (κ3) is 2.39. The molecule has 16 heavy (non-hydrogen) atoms. The quantitative estimate of drug-likeness (QED) is 0.774. The highest BCUT2D eigenvalue weighted by Gasteiger charge is 2.28. The Morgan fingerprint density at radius 3 is 2.81 bits per heavy atom. The zero-order chi connectivity index (χ0) is 11.4. The first kappa shape index (κ1) is 11.1. The van der Waals surface area contributed by atoms with E-state index in [0.717, 1.165) is 5.56 Å². The van der Waals surface area contributed by atoms with Gasteiger partial charge in [-0.15, -0.1) is 0 Å². The summed E-state index contributed by atoms with van der Waals surface area (Å²) >= 11 is 0. The molecule has 1 aromatic rings. The summed E-state index contributed by atoms with van der Waals surface area (Å²) in [4.78, 5) is 13.2. The number of amides is 1. The summed E-state index contributed by atoms with van der Waals surface area (Å²) < 4.78 is 17.8. The van der Waals surface area contributed by atoms with Crippen LogP contribution in [0.5, 0.6) is 0 Å². The van der Waals surface area contributed by atoms with Crippen LogP contribution in [0.4, 0.5) is 4.39 Å². The molecule has 1 amide bonds. The van der Waals surface area contributed by atoms with Gasteiger partial charge in [0.2, 0.25) is 5.91 Å². The van der Waals surface area contributed by atoms with E-state index >= 15 is 0 Å². The minimum absolute atomic E-state index is 0.0589. The number of ether oxygens (including phenoxy) is 1. The van der Waals surface area contributed by atoms with E-state index in [1.54, 1.807) is 4.90 Å². The highest BCUT2D eigenvalue weighted by molar-refractivity contribution is 5.78. The molecule has 1 aromatic carbocycles. The molecule has 1 aliphatic heterocycles. The van der Waals surface area contributed by atoms with Crippen molar-refractivity contribution in [3.05, 3.63) is 35.9 Å². The van der Waals surface area contributed by atoms with Crippen LogP contribution in [0, 0.1) is 0 Å². The SMILES string of the molecule is O=C1COC[C@@H](CF)N1Cc1ccccc1. The van der Waals surface area contributed by atoms with Crippen molar-refractivity contribution < 1.29 is 13.9 Å². The normalized spacial score (nSPS) is 21.2. The molecule has 0 unspecified atom stereocenters. The lowest BCUT2D eigenvalue weighted by Crippen LogP contribution is -2.49. The summed E-state index contributed by atoms with van der Waals surface area (Å²) in [5.41, 5.74) is 1.01. The summed E-state index contributed by atoms with van der Waals surface area (Å²) in [5.74, 6) is -0.141. The number of hydrogen-bond acceptors (Lipinski definition) is 2. The standard InChI is InChI=1S/C12H14FNO2/c13-6-11-8-16-9-12(15)14(11)7-10-4-2-1-3-5-10/h1-5,11H,6-9H2/t11-/m1/s1. The van der Waals surface area contributed by atoms with Crippen LogP contribution in [0.3, 0.4) is 0 Å². The maximum absolute atomic E-state index is 12.7. The Kier molecular flexibility index (Phi) is 3.51. The van der Waals surface area contributed by atoms with Gasteiger partial charge >= 0.3 is 0 Å². The molecule has 1 aliphatic rings. The number of hydrogen-bond donors (Lipinski definition) is 0. The third-order valence-electron chi connectivity index (χ3n) is 2.67. The van der Waals surface area contributed by atoms with Crippen LogP contribution in [-0.4, -0.2) is 36.7 Å². The van der Waals surface area contributed by atoms with E-state index in [9.17, 15) is 9.18 Å². The van der Waals surface area contributed by atoms with Crippen molar-refractivity contribution in [1.29, 1.82) is 0 Å². The summed E-state index contributed by atoms with van der Waals surface area (Å²) in [7, 11) is 0. The predicted octanol–water partition coefficient (Wildman–Crippen LogP) is 1.38. The van der Waals surface area contributed by atoms with Crippen LogP contribution in [0.15, 0.2) is 30.3 Å². The minimum Gasteiger partial charge on any atom is -0.369 e.